The van der Waals surface area contributed by atoms with Gasteiger partial charge < -0.3 is 5.11 Å². The Balaban J connectivity index is 2.20. The van der Waals surface area contributed by atoms with Crippen molar-refractivity contribution >= 4 is 5.97 Å². The van der Waals surface area contributed by atoms with Gasteiger partial charge in [0.2, 0.25) is 0 Å². The third-order valence-corrected chi connectivity index (χ3v) is 3.45. The first-order valence-electron chi connectivity index (χ1n) is 4.57. The highest BCUT2D eigenvalue weighted by Crippen LogP contribution is 2.61. The van der Waals surface area contributed by atoms with E-state index in [0.717, 1.165) is 18.4 Å². The molecule has 1 aromatic rings. The SMILES string of the molecule is O=C(O)C12CC1Cc1ccccc12. The summed E-state index contributed by atoms with van der Waals surface area (Å²) in [6.07, 6.45) is 1.81. The second kappa shape index (κ2) is 1.95. The van der Waals surface area contributed by atoms with E-state index in [1.54, 1.807) is 0 Å². The Labute approximate surface area is 76.2 Å². The quantitative estimate of drug-likeness (QED) is 0.701. The van der Waals surface area contributed by atoms with Crippen molar-refractivity contribution in [3.05, 3.63) is 35.4 Å². The van der Waals surface area contributed by atoms with E-state index >= 15 is 0 Å². The van der Waals surface area contributed by atoms with Gasteiger partial charge in [-0.25, -0.2) is 0 Å². The van der Waals surface area contributed by atoms with Crippen molar-refractivity contribution in [1.29, 1.82) is 0 Å². The number of hydrogen-bond acceptors (Lipinski definition) is 1. The highest BCUT2D eigenvalue weighted by atomic mass is 16.4. The lowest BCUT2D eigenvalue weighted by atomic mass is 9.96. The average Bonchev–Trinajstić information content (AvgIpc) is 2.75. The lowest BCUT2D eigenvalue weighted by molar-refractivity contribution is -0.140. The summed E-state index contributed by atoms with van der Waals surface area (Å²) in [6, 6.07) is 7.94. The Morgan fingerprint density at radius 3 is 3.00 bits per heavy atom. The summed E-state index contributed by atoms with van der Waals surface area (Å²) < 4.78 is 0. The minimum atomic E-state index is -0.637. The summed E-state index contributed by atoms with van der Waals surface area (Å²) in [4.78, 5) is 11.1. The van der Waals surface area contributed by atoms with Crippen LogP contribution in [0.25, 0.3) is 0 Å². The van der Waals surface area contributed by atoms with Crippen LogP contribution in [0.1, 0.15) is 17.5 Å². The Morgan fingerprint density at radius 1 is 1.46 bits per heavy atom. The molecule has 0 saturated heterocycles. The Bertz CT molecular complexity index is 397. The molecule has 0 bridgehead atoms. The molecule has 0 aliphatic heterocycles. The van der Waals surface area contributed by atoms with E-state index in [9.17, 15) is 4.79 Å². The molecular formula is C11H10O2. The van der Waals surface area contributed by atoms with Crippen molar-refractivity contribution in [2.45, 2.75) is 18.3 Å². The van der Waals surface area contributed by atoms with Crippen LogP contribution in [-0.4, -0.2) is 11.1 Å². The topological polar surface area (TPSA) is 37.3 Å². The molecule has 2 aliphatic rings. The minimum absolute atomic E-state index is 0.377. The normalized spacial score (nSPS) is 33.7. The second-order valence-electron chi connectivity index (χ2n) is 4.04. The summed E-state index contributed by atoms with van der Waals surface area (Å²) in [7, 11) is 0. The van der Waals surface area contributed by atoms with Crippen LogP contribution in [0.5, 0.6) is 0 Å². The summed E-state index contributed by atoms with van der Waals surface area (Å²) in [5.41, 5.74) is 1.81. The third kappa shape index (κ3) is 0.671. The number of fused-ring (bicyclic) bond motifs is 3. The second-order valence-corrected chi connectivity index (χ2v) is 4.04. The maximum absolute atomic E-state index is 11.1. The first-order chi connectivity index (χ1) is 6.25. The van der Waals surface area contributed by atoms with Crippen molar-refractivity contribution in [3.8, 4) is 0 Å². The number of carbonyl (C=O) groups is 1. The summed E-state index contributed by atoms with van der Waals surface area (Å²) in [5, 5.41) is 9.16. The Hall–Kier alpha value is -1.31. The lowest BCUT2D eigenvalue weighted by Gasteiger charge is -2.08. The number of rotatable bonds is 1. The van der Waals surface area contributed by atoms with Crippen molar-refractivity contribution in [2.75, 3.05) is 0 Å². The molecule has 2 unspecified atom stereocenters. The highest BCUT2D eigenvalue weighted by molar-refractivity contribution is 5.88. The van der Waals surface area contributed by atoms with E-state index in [-0.39, 0.29) is 0 Å². The molecule has 0 amide bonds. The molecule has 1 N–H and O–H groups in total. The zero-order valence-electron chi connectivity index (χ0n) is 7.16. The molecule has 13 heavy (non-hydrogen) atoms. The van der Waals surface area contributed by atoms with E-state index in [4.69, 9.17) is 5.11 Å². The van der Waals surface area contributed by atoms with Crippen LogP contribution in [-0.2, 0) is 16.6 Å². The van der Waals surface area contributed by atoms with E-state index in [1.165, 1.54) is 5.56 Å². The molecule has 3 rings (SSSR count). The molecule has 66 valence electrons. The van der Waals surface area contributed by atoms with Crippen LogP contribution in [0.3, 0.4) is 0 Å². The van der Waals surface area contributed by atoms with Crippen LogP contribution in [0.15, 0.2) is 24.3 Å². The third-order valence-electron chi connectivity index (χ3n) is 3.45. The van der Waals surface area contributed by atoms with Crippen LogP contribution in [0.4, 0.5) is 0 Å². The fraction of sp³-hybridized carbons (Fsp3) is 0.364. The van der Waals surface area contributed by atoms with Gasteiger partial charge in [-0.05, 0) is 29.9 Å². The first-order valence-corrected chi connectivity index (χ1v) is 4.57. The predicted molar refractivity (Wildman–Crippen MR) is 47.6 cm³/mol. The Morgan fingerprint density at radius 2 is 2.23 bits per heavy atom. The van der Waals surface area contributed by atoms with Crippen molar-refractivity contribution in [2.24, 2.45) is 5.92 Å². The van der Waals surface area contributed by atoms with E-state index in [1.807, 2.05) is 24.3 Å². The molecule has 1 aromatic carbocycles. The van der Waals surface area contributed by atoms with Gasteiger partial charge in [0.15, 0.2) is 0 Å². The molecule has 0 radical (unpaired) electrons. The molecule has 0 heterocycles. The average molecular weight is 174 g/mol. The molecule has 2 atom stereocenters. The van der Waals surface area contributed by atoms with Crippen LogP contribution < -0.4 is 0 Å². The van der Waals surface area contributed by atoms with E-state index in [2.05, 4.69) is 0 Å². The van der Waals surface area contributed by atoms with Gasteiger partial charge in [-0.2, -0.15) is 0 Å². The Kier molecular flexibility index (Phi) is 1.07. The van der Waals surface area contributed by atoms with Gasteiger partial charge in [0.25, 0.3) is 0 Å². The van der Waals surface area contributed by atoms with Gasteiger partial charge in [-0.3, -0.25) is 4.79 Å². The molecule has 2 heteroatoms. The van der Waals surface area contributed by atoms with Crippen molar-refractivity contribution in [3.63, 3.8) is 0 Å². The molecule has 0 spiro atoms. The number of hydrogen-bond donors (Lipinski definition) is 1. The van der Waals surface area contributed by atoms with Gasteiger partial charge in [0, 0.05) is 0 Å². The smallest absolute Gasteiger partial charge is 0.314 e. The number of aliphatic carboxylic acids is 1. The minimum Gasteiger partial charge on any atom is -0.481 e. The molecular weight excluding hydrogens is 164 g/mol. The van der Waals surface area contributed by atoms with Crippen molar-refractivity contribution in [1.82, 2.24) is 0 Å². The highest BCUT2D eigenvalue weighted by Gasteiger charge is 2.65. The van der Waals surface area contributed by atoms with Gasteiger partial charge in [0.05, 0.1) is 5.41 Å². The predicted octanol–water partition coefficient (Wildman–Crippen LogP) is 1.58. The maximum atomic E-state index is 11.1. The van der Waals surface area contributed by atoms with Gasteiger partial charge in [0.1, 0.15) is 0 Å². The monoisotopic (exact) mass is 174 g/mol. The van der Waals surface area contributed by atoms with Crippen molar-refractivity contribution < 1.29 is 9.90 Å². The molecule has 0 aromatic heterocycles. The molecule has 2 nitrogen and oxygen atoms in total. The fourth-order valence-electron chi connectivity index (χ4n) is 2.68. The molecule has 2 aliphatic carbocycles. The zero-order valence-corrected chi connectivity index (χ0v) is 7.16. The summed E-state index contributed by atoms with van der Waals surface area (Å²) >= 11 is 0. The standard InChI is InChI=1S/C11H10O2/c12-10(13)11-6-8(11)5-7-3-1-2-4-9(7)11/h1-4,8H,5-6H2,(H,12,13). The van der Waals surface area contributed by atoms with Crippen LogP contribution in [0.2, 0.25) is 0 Å². The number of carboxylic acid groups (broad SMARTS) is 1. The van der Waals surface area contributed by atoms with E-state index < -0.39 is 11.4 Å². The van der Waals surface area contributed by atoms with Gasteiger partial charge >= 0.3 is 5.97 Å². The van der Waals surface area contributed by atoms with Gasteiger partial charge in [-0.1, -0.05) is 24.3 Å². The van der Waals surface area contributed by atoms with Crippen LogP contribution >= 0.6 is 0 Å². The van der Waals surface area contributed by atoms with E-state index in [0.29, 0.717) is 5.92 Å². The van der Waals surface area contributed by atoms with Gasteiger partial charge in [-0.15, -0.1) is 0 Å². The molecule has 1 saturated carbocycles. The maximum Gasteiger partial charge on any atom is 0.314 e. The number of benzene rings is 1. The zero-order chi connectivity index (χ0) is 9.05. The summed E-state index contributed by atoms with van der Waals surface area (Å²) in [6.45, 7) is 0. The first kappa shape index (κ1) is 7.13. The number of carboxylic acids is 1. The lowest BCUT2D eigenvalue weighted by Crippen LogP contribution is -2.19. The fourth-order valence-corrected chi connectivity index (χ4v) is 2.68. The largest absolute Gasteiger partial charge is 0.481 e. The summed E-state index contributed by atoms with van der Waals surface area (Å²) in [5.74, 6) is -0.259. The molecule has 1 fully saturated rings. The van der Waals surface area contributed by atoms with Crippen LogP contribution in [0, 0.1) is 5.92 Å².